The molecule has 2 aromatic heterocycles. The Morgan fingerprint density at radius 3 is 2.80 bits per heavy atom. The summed E-state index contributed by atoms with van der Waals surface area (Å²) in [6, 6.07) is 11.1. The molecule has 0 saturated heterocycles. The second-order valence-corrected chi connectivity index (χ2v) is 4.80. The number of amides is 1. The zero-order valence-electron chi connectivity index (χ0n) is 11.4. The van der Waals surface area contributed by atoms with Crippen molar-refractivity contribution in [2.45, 2.75) is 13.8 Å². The molecule has 2 N–H and O–H groups in total. The third kappa shape index (κ3) is 2.16. The number of H-pyrrole nitrogens is 1. The number of fused-ring (bicyclic) bond motifs is 1. The van der Waals surface area contributed by atoms with Crippen LogP contribution in [0.1, 0.15) is 21.6 Å². The summed E-state index contributed by atoms with van der Waals surface area (Å²) in [5.74, 6) is 0.406. The highest BCUT2D eigenvalue weighted by molar-refractivity contribution is 6.06. The Morgan fingerprint density at radius 2 is 2.05 bits per heavy atom. The quantitative estimate of drug-likeness (QED) is 0.745. The number of benzene rings is 1. The van der Waals surface area contributed by atoms with Gasteiger partial charge in [-0.05, 0) is 49.7 Å². The summed E-state index contributed by atoms with van der Waals surface area (Å²) in [6.07, 6.45) is 1.65. The van der Waals surface area contributed by atoms with Crippen molar-refractivity contribution < 1.29 is 4.79 Å². The molecule has 0 saturated carbocycles. The molecule has 0 unspecified atom stereocenters. The Kier molecular flexibility index (Phi) is 2.99. The van der Waals surface area contributed by atoms with Crippen molar-refractivity contribution in [1.29, 1.82) is 0 Å². The SMILES string of the molecule is Cc1[nH]c2ccc(C(=O)Nc3ccccn3)cc2c1C. The average Bonchev–Trinajstić information content (AvgIpc) is 2.75. The van der Waals surface area contributed by atoms with E-state index in [1.807, 2.05) is 37.3 Å². The van der Waals surface area contributed by atoms with Crippen LogP contribution in [0.25, 0.3) is 10.9 Å². The van der Waals surface area contributed by atoms with Crippen molar-refractivity contribution in [3.8, 4) is 0 Å². The topological polar surface area (TPSA) is 57.8 Å². The molecule has 0 aliphatic heterocycles. The maximum absolute atomic E-state index is 12.2. The number of hydrogen-bond donors (Lipinski definition) is 2. The largest absolute Gasteiger partial charge is 0.358 e. The molecule has 4 nitrogen and oxygen atoms in total. The van der Waals surface area contributed by atoms with E-state index in [0.717, 1.165) is 16.6 Å². The lowest BCUT2D eigenvalue weighted by atomic mass is 10.1. The van der Waals surface area contributed by atoms with Gasteiger partial charge < -0.3 is 10.3 Å². The van der Waals surface area contributed by atoms with E-state index in [0.29, 0.717) is 11.4 Å². The summed E-state index contributed by atoms with van der Waals surface area (Å²) >= 11 is 0. The third-order valence-electron chi connectivity index (χ3n) is 3.48. The molecule has 0 atom stereocenters. The molecule has 4 heteroatoms. The number of carbonyl (C=O) groups excluding carboxylic acids is 1. The first-order valence-corrected chi connectivity index (χ1v) is 6.46. The molecule has 0 radical (unpaired) electrons. The Hall–Kier alpha value is -2.62. The Labute approximate surface area is 116 Å². The number of aromatic amines is 1. The Morgan fingerprint density at radius 1 is 1.20 bits per heavy atom. The highest BCUT2D eigenvalue weighted by Gasteiger charge is 2.10. The van der Waals surface area contributed by atoms with Crippen LogP contribution in [-0.4, -0.2) is 15.9 Å². The van der Waals surface area contributed by atoms with Crippen LogP contribution in [0.15, 0.2) is 42.6 Å². The van der Waals surface area contributed by atoms with Gasteiger partial charge >= 0.3 is 0 Å². The van der Waals surface area contributed by atoms with E-state index in [1.54, 1.807) is 12.3 Å². The summed E-state index contributed by atoms with van der Waals surface area (Å²) in [4.78, 5) is 19.6. The summed E-state index contributed by atoms with van der Waals surface area (Å²) < 4.78 is 0. The van der Waals surface area contributed by atoms with E-state index >= 15 is 0 Å². The van der Waals surface area contributed by atoms with Crippen LogP contribution < -0.4 is 5.32 Å². The lowest BCUT2D eigenvalue weighted by molar-refractivity contribution is 0.102. The number of rotatable bonds is 2. The first-order valence-electron chi connectivity index (χ1n) is 6.46. The molecule has 0 fully saturated rings. The van der Waals surface area contributed by atoms with E-state index in [1.165, 1.54) is 5.56 Å². The molecule has 1 aromatic carbocycles. The lowest BCUT2D eigenvalue weighted by Crippen LogP contribution is -2.12. The van der Waals surface area contributed by atoms with Gasteiger partial charge in [0.2, 0.25) is 0 Å². The van der Waals surface area contributed by atoms with Gasteiger partial charge in [0.25, 0.3) is 5.91 Å². The summed E-state index contributed by atoms with van der Waals surface area (Å²) in [5.41, 5.74) is 3.98. The van der Waals surface area contributed by atoms with Gasteiger partial charge in [-0.15, -0.1) is 0 Å². The van der Waals surface area contributed by atoms with Crippen LogP contribution in [0, 0.1) is 13.8 Å². The van der Waals surface area contributed by atoms with Crippen LogP contribution in [0.2, 0.25) is 0 Å². The monoisotopic (exact) mass is 265 g/mol. The zero-order valence-corrected chi connectivity index (χ0v) is 11.4. The van der Waals surface area contributed by atoms with Gasteiger partial charge in [-0.1, -0.05) is 6.07 Å². The first kappa shape index (κ1) is 12.4. The van der Waals surface area contributed by atoms with Gasteiger partial charge in [0.05, 0.1) is 0 Å². The van der Waals surface area contributed by atoms with Crippen LogP contribution >= 0.6 is 0 Å². The number of anilines is 1. The number of aryl methyl sites for hydroxylation is 2. The number of nitrogens with zero attached hydrogens (tertiary/aromatic N) is 1. The highest BCUT2D eigenvalue weighted by atomic mass is 16.1. The second-order valence-electron chi connectivity index (χ2n) is 4.80. The van der Waals surface area contributed by atoms with Crippen LogP contribution in [0.3, 0.4) is 0 Å². The molecule has 2 heterocycles. The smallest absolute Gasteiger partial charge is 0.256 e. The molecular formula is C16H15N3O. The number of nitrogens with one attached hydrogen (secondary N) is 2. The summed E-state index contributed by atoms with van der Waals surface area (Å²) in [5, 5.41) is 3.87. The number of carbonyl (C=O) groups is 1. The Bertz CT molecular complexity index is 775. The zero-order chi connectivity index (χ0) is 14.1. The fraction of sp³-hybridized carbons (Fsp3) is 0.125. The van der Waals surface area contributed by atoms with E-state index < -0.39 is 0 Å². The Balaban J connectivity index is 1.94. The molecule has 3 aromatic rings. The molecule has 100 valence electrons. The van der Waals surface area contributed by atoms with Crippen molar-refractivity contribution >= 4 is 22.6 Å². The average molecular weight is 265 g/mol. The fourth-order valence-electron chi connectivity index (χ4n) is 2.23. The normalized spacial score (nSPS) is 10.7. The van der Waals surface area contributed by atoms with Crippen LogP contribution in [0.5, 0.6) is 0 Å². The number of aromatic nitrogens is 2. The first-order chi connectivity index (χ1) is 9.65. The highest BCUT2D eigenvalue weighted by Crippen LogP contribution is 2.22. The standard InChI is InChI=1S/C16H15N3O/c1-10-11(2)18-14-7-6-12(9-13(10)14)16(20)19-15-5-3-4-8-17-15/h3-9,18H,1-2H3,(H,17,19,20). The van der Waals surface area contributed by atoms with Crippen LogP contribution in [-0.2, 0) is 0 Å². The number of hydrogen-bond acceptors (Lipinski definition) is 2. The molecular weight excluding hydrogens is 250 g/mol. The maximum atomic E-state index is 12.2. The molecule has 1 amide bonds. The summed E-state index contributed by atoms with van der Waals surface area (Å²) in [6.45, 7) is 4.08. The van der Waals surface area contributed by atoms with Crippen molar-refractivity contribution in [2.75, 3.05) is 5.32 Å². The van der Waals surface area contributed by atoms with Crippen molar-refractivity contribution in [2.24, 2.45) is 0 Å². The van der Waals surface area contributed by atoms with Gasteiger partial charge in [0, 0.05) is 28.4 Å². The molecule has 3 rings (SSSR count). The van der Waals surface area contributed by atoms with Crippen LogP contribution in [0.4, 0.5) is 5.82 Å². The summed E-state index contributed by atoms with van der Waals surface area (Å²) in [7, 11) is 0. The predicted molar refractivity (Wildman–Crippen MR) is 80.0 cm³/mol. The predicted octanol–water partition coefficient (Wildman–Crippen LogP) is 3.43. The molecule has 0 aliphatic carbocycles. The second kappa shape index (κ2) is 4.81. The minimum atomic E-state index is -0.149. The van der Waals surface area contributed by atoms with E-state index in [9.17, 15) is 4.79 Å². The van der Waals surface area contributed by atoms with Gasteiger partial charge in [-0.25, -0.2) is 4.98 Å². The maximum Gasteiger partial charge on any atom is 0.256 e. The van der Waals surface area contributed by atoms with Gasteiger partial charge in [0.1, 0.15) is 5.82 Å². The van der Waals surface area contributed by atoms with E-state index in [4.69, 9.17) is 0 Å². The lowest BCUT2D eigenvalue weighted by Gasteiger charge is -2.04. The van der Waals surface area contributed by atoms with Gasteiger partial charge in [-0.3, -0.25) is 4.79 Å². The number of pyridine rings is 1. The molecule has 0 aliphatic rings. The molecule has 20 heavy (non-hydrogen) atoms. The van der Waals surface area contributed by atoms with Crippen molar-refractivity contribution in [3.05, 3.63) is 59.4 Å². The van der Waals surface area contributed by atoms with E-state index in [2.05, 4.69) is 22.2 Å². The van der Waals surface area contributed by atoms with Gasteiger partial charge in [0.15, 0.2) is 0 Å². The van der Waals surface area contributed by atoms with Gasteiger partial charge in [-0.2, -0.15) is 0 Å². The molecule has 0 spiro atoms. The van der Waals surface area contributed by atoms with Crippen molar-refractivity contribution in [3.63, 3.8) is 0 Å². The molecule has 0 bridgehead atoms. The van der Waals surface area contributed by atoms with Crippen molar-refractivity contribution in [1.82, 2.24) is 9.97 Å². The fourth-order valence-corrected chi connectivity index (χ4v) is 2.23. The minimum Gasteiger partial charge on any atom is -0.358 e. The van der Waals surface area contributed by atoms with E-state index in [-0.39, 0.29) is 5.91 Å². The minimum absolute atomic E-state index is 0.149. The third-order valence-corrected chi connectivity index (χ3v) is 3.48.